The molecule has 1 aliphatic rings. The maximum Gasteiger partial charge on any atom is 0.295 e. The van der Waals surface area contributed by atoms with E-state index in [0.717, 1.165) is 11.1 Å². The lowest BCUT2D eigenvalue weighted by Crippen LogP contribution is -2.29. The Morgan fingerprint density at radius 2 is 1.67 bits per heavy atom. The van der Waals surface area contributed by atoms with Crippen LogP contribution in [0.1, 0.15) is 48.1 Å². The minimum absolute atomic E-state index is 0.0362. The number of likely N-dealkylation sites (tertiary alicyclic amines) is 1. The zero-order chi connectivity index (χ0) is 26.0. The summed E-state index contributed by atoms with van der Waals surface area (Å²) in [4.78, 5) is 32.1. The average molecular weight is 507 g/mol. The van der Waals surface area contributed by atoms with Crippen LogP contribution in [-0.2, 0) is 16.1 Å². The van der Waals surface area contributed by atoms with Gasteiger partial charge >= 0.3 is 0 Å². The molecule has 3 aromatic rings. The minimum atomic E-state index is -0.815. The number of halogens is 1. The number of ether oxygens (including phenoxy) is 2. The van der Waals surface area contributed by atoms with E-state index in [9.17, 15) is 14.7 Å². The summed E-state index contributed by atoms with van der Waals surface area (Å²) in [6.45, 7) is 4.34. The van der Waals surface area contributed by atoms with Crippen molar-refractivity contribution in [2.45, 2.75) is 32.4 Å². The highest BCUT2D eigenvalue weighted by molar-refractivity contribution is 6.46. The van der Waals surface area contributed by atoms with Crippen LogP contribution in [0.5, 0.6) is 11.5 Å². The first-order chi connectivity index (χ1) is 17.3. The van der Waals surface area contributed by atoms with Crippen molar-refractivity contribution in [3.63, 3.8) is 0 Å². The quantitative estimate of drug-likeness (QED) is 0.259. The van der Waals surface area contributed by atoms with E-state index in [1.165, 1.54) is 31.3 Å². The molecule has 1 atom stereocenters. The highest BCUT2D eigenvalue weighted by Crippen LogP contribution is 2.43. The molecule has 0 bridgehead atoms. The number of hydrogen-bond donors (Lipinski definition) is 1. The van der Waals surface area contributed by atoms with Crippen LogP contribution >= 0.6 is 11.6 Å². The number of benzene rings is 2. The van der Waals surface area contributed by atoms with Gasteiger partial charge < -0.3 is 19.5 Å². The first-order valence-corrected chi connectivity index (χ1v) is 11.8. The largest absolute Gasteiger partial charge is 0.507 e. The van der Waals surface area contributed by atoms with E-state index in [0.29, 0.717) is 17.2 Å². The zero-order valence-electron chi connectivity index (χ0n) is 20.5. The SMILES string of the molecule is COc1cc(OC)c(/C(O)=C2\C(=O)C(=O)N(Cc3ccncc3)C2c2ccc(C(C)C)cc2)cc1Cl. The number of carbonyl (C=O) groups excluding carboxylic acids is 2. The maximum absolute atomic E-state index is 13.4. The molecular weight excluding hydrogens is 480 g/mol. The third kappa shape index (κ3) is 4.66. The second-order valence-corrected chi connectivity index (χ2v) is 9.20. The van der Waals surface area contributed by atoms with Gasteiger partial charge in [0.25, 0.3) is 11.7 Å². The lowest BCUT2D eigenvalue weighted by Gasteiger charge is -2.26. The van der Waals surface area contributed by atoms with Crippen LogP contribution < -0.4 is 9.47 Å². The summed E-state index contributed by atoms with van der Waals surface area (Å²) in [6.07, 6.45) is 3.26. The van der Waals surface area contributed by atoms with Crippen LogP contribution in [0.4, 0.5) is 0 Å². The molecule has 8 heteroatoms. The van der Waals surface area contributed by atoms with Crippen LogP contribution in [-0.4, -0.2) is 40.9 Å². The first kappa shape index (κ1) is 25.3. The van der Waals surface area contributed by atoms with Gasteiger partial charge in [-0.25, -0.2) is 0 Å². The van der Waals surface area contributed by atoms with Gasteiger partial charge in [-0.05, 0) is 40.8 Å². The van der Waals surface area contributed by atoms with Gasteiger partial charge in [-0.2, -0.15) is 0 Å². The van der Waals surface area contributed by atoms with Gasteiger partial charge in [-0.1, -0.05) is 49.7 Å². The number of rotatable bonds is 7. The van der Waals surface area contributed by atoms with E-state index in [1.807, 2.05) is 24.3 Å². The van der Waals surface area contributed by atoms with Crippen LogP contribution in [0, 0.1) is 0 Å². The number of aliphatic hydroxyl groups is 1. The molecule has 2 heterocycles. The monoisotopic (exact) mass is 506 g/mol. The summed E-state index contributed by atoms with van der Waals surface area (Å²) in [5, 5.41) is 11.7. The fourth-order valence-electron chi connectivity index (χ4n) is 4.33. The number of methoxy groups -OCH3 is 2. The summed E-state index contributed by atoms with van der Waals surface area (Å²) < 4.78 is 10.7. The Hall–Kier alpha value is -3.84. The molecule has 1 aromatic heterocycles. The van der Waals surface area contributed by atoms with E-state index in [2.05, 4.69) is 18.8 Å². The van der Waals surface area contributed by atoms with Crippen molar-refractivity contribution in [1.82, 2.24) is 9.88 Å². The Morgan fingerprint density at radius 3 is 2.25 bits per heavy atom. The molecule has 1 N–H and O–H groups in total. The minimum Gasteiger partial charge on any atom is -0.507 e. The molecule has 186 valence electrons. The number of nitrogens with zero attached hydrogens (tertiary/aromatic N) is 2. The number of aromatic nitrogens is 1. The summed E-state index contributed by atoms with van der Waals surface area (Å²) in [6, 6.07) is 13.4. The summed E-state index contributed by atoms with van der Waals surface area (Å²) in [7, 11) is 2.90. The van der Waals surface area contributed by atoms with Gasteiger partial charge in [-0.3, -0.25) is 14.6 Å². The highest BCUT2D eigenvalue weighted by Gasteiger charge is 2.46. The second-order valence-electron chi connectivity index (χ2n) is 8.79. The Kier molecular flexibility index (Phi) is 7.31. The molecule has 0 aliphatic carbocycles. The highest BCUT2D eigenvalue weighted by atomic mass is 35.5. The van der Waals surface area contributed by atoms with Crippen LogP contribution in [0.25, 0.3) is 5.76 Å². The summed E-state index contributed by atoms with van der Waals surface area (Å²) in [5.41, 5.74) is 2.78. The standard InChI is InChI=1S/C28H27ClN2O5/c1-16(2)18-5-7-19(8-6-18)25-24(26(32)20-13-21(29)23(36-4)14-22(20)35-3)27(33)28(34)31(25)15-17-9-11-30-12-10-17/h5-14,16,25,32H,15H2,1-4H3/b26-24+. The van der Waals surface area contributed by atoms with Crippen LogP contribution in [0.15, 0.2) is 66.5 Å². The topological polar surface area (TPSA) is 89.0 Å². The molecule has 4 rings (SSSR count). The molecule has 1 unspecified atom stereocenters. The smallest absolute Gasteiger partial charge is 0.295 e. The van der Waals surface area contributed by atoms with Crippen LogP contribution in [0.3, 0.4) is 0 Å². The first-order valence-electron chi connectivity index (χ1n) is 11.5. The Bertz CT molecular complexity index is 1320. The van der Waals surface area contributed by atoms with E-state index in [-0.39, 0.29) is 34.2 Å². The van der Waals surface area contributed by atoms with Gasteiger partial charge in [0, 0.05) is 25.0 Å². The van der Waals surface area contributed by atoms with Crippen molar-refractivity contribution in [1.29, 1.82) is 0 Å². The van der Waals surface area contributed by atoms with Gasteiger partial charge in [0.05, 0.1) is 36.4 Å². The van der Waals surface area contributed by atoms with Crippen molar-refractivity contribution < 1.29 is 24.2 Å². The van der Waals surface area contributed by atoms with E-state index >= 15 is 0 Å². The fourth-order valence-corrected chi connectivity index (χ4v) is 4.57. The fraction of sp³-hybridized carbons (Fsp3) is 0.250. The third-order valence-corrected chi connectivity index (χ3v) is 6.59. The summed E-state index contributed by atoms with van der Waals surface area (Å²) >= 11 is 6.33. The number of Topliss-reactive ketones (excluding diaryl/α,β-unsaturated/α-hetero) is 1. The van der Waals surface area contributed by atoms with Crippen molar-refractivity contribution in [3.8, 4) is 11.5 Å². The number of carbonyl (C=O) groups is 2. The number of hydrogen-bond acceptors (Lipinski definition) is 6. The van der Waals surface area contributed by atoms with Crippen LogP contribution in [0.2, 0.25) is 5.02 Å². The third-order valence-electron chi connectivity index (χ3n) is 6.29. The number of pyridine rings is 1. The Labute approximate surface area is 214 Å². The van der Waals surface area contributed by atoms with Gasteiger partial charge in [0.15, 0.2) is 0 Å². The number of ketones is 1. The van der Waals surface area contributed by atoms with Gasteiger partial charge in [0.1, 0.15) is 17.3 Å². The van der Waals surface area contributed by atoms with E-state index < -0.39 is 17.7 Å². The molecule has 1 saturated heterocycles. The molecule has 36 heavy (non-hydrogen) atoms. The molecule has 0 saturated carbocycles. The van der Waals surface area contributed by atoms with Gasteiger partial charge in [0.2, 0.25) is 0 Å². The lowest BCUT2D eigenvalue weighted by molar-refractivity contribution is -0.140. The molecule has 0 radical (unpaired) electrons. The number of aliphatic hydroxyl groups excluding tert-OH is 1. The van der Waals surface area contributed by atoms with Crippen molar-refractivity contribution in [2.75, 3.05) is 14.2 Å². The molecular formula is C28H27ClN2O5. The summed E-state index contributed by atoms with van der Waals surface area (Å²) in [5.74, 6) is -0.941. The Balaban J connectivity index is 1.91. The maximum atomic E-state index is 13.4. The molecule has 0 spiro atoms. The second kappa shape index (κ2) is 10.4. The average Bonchev–Trinajstić information content (AvgIpc) is 3.13. The van der Waals surface area contributed by atoms with Crippen molar-refractivity contribution in [3.05, 3.63) is 93.8 Å². The molecule has 1 amide bonds. The molecule has 1 aliphatic heterocycles. The van der Waals surface area contributed by atoms with Crippen molar-refractivity contribution in [2.24, 2.45) is 0 Å². The normalized spacial score (nSPS) is 17.1. The van der Waals surface area contributed by atoms with Crippen molar-refractivity contribution >= 4 is 29.1 Å². The predicted molar refractivity (Wildman–Crippen MR) is 137 cm³/mol. The predicted octanol–water partition coefficient (Wildman–Crippen LogP) is 5.50. The van der Waals surface area contributed by atoms with Gasteiger partial charge in [-0.15, -0.1) is 0 Å². The van der Waals surface area contributed by atoms with E-state index in [1.54, 1.807) is 24.5 Å². The molecule has 2 aromatic carbocycles. The molecule has 1 fully saturated rings. The van der Waals surface area contributed by atoms with E-state index in [4.69, 9.17) is 21.1 Å². The lowest BCUT2D eigenvalue weighted by atomic mass is 9.93. The Morgan fingerprint density at radius 1 is 1.03 bits per heavy atom. The number of amides is 1. The molecule has 7 nitrogen and oxygen atoms in total. The zero-order valence-corrected chi connectivity index (χ0v) is 21.2.